The number of hydrogen-bond donors (Lipinski definition) is 1. The molecule has 1 heterocycles. The van der Waals surface area contributed by atoms with Crippen LogP contribution in [-0.4, -0.2) is 49.1 Å². The van der Waals surface area contributed by atoms with Crippen LogP contribution in [0.5, 0.6) is 0 Å². The maximum Gasteiger partial charge on any atom is 0.0320 e. The van der Waals surface area contributed by atoms with Crippen LogP contribution in [-0.2, 0) is 0 Å². The summed E-state index contributed by atoms with van der Waals surface area (Å²) in [5, 5.41) is 0. The van der Waals surface area contributed by atoms with Gasteiger partial charge in [-0.3, -0.25) is 4.90 Å². The highest BCUT2D eigenvalue weighted by Crippen LogP contribution is 2.21. The minimum absolute atomic E-state index is 0.517. The molecule has 2 N–H and O–H groups in total. The summed E-state index contributed by atoms with van der Waals surface area (Å²) in [6.45, 7) is 11.2. The molecule has 1 aromatic carbocycles. The number of benzene rings is 1. The van der Waals surface area contributed by atoms with Gasteiger partial charge in [0.05, 0.1) is 0 Å². The summed E-state index contributed by atoms with van der Waals surface area (Å²) in [6.07, 6.45) is 1.26. The molecule has 1 aliphatic heterocycles. The van der Waals surface area contributed by atoms with Crippen LogP contribution in [0, 0.1) is 5.92 Å². The van der Waals surface area contributed by atoms with E-state index in [4.69, 9.17) is 5.73 Å². The average molecular weight is 275 g/mol. The average Bonchev–Trinajstić information content (AvgIpc) is 2.73. The van der Waals surface area contributed by atoms with Crippen molar-refractivity contribution in [2.45, 2.75) is 26.3 Å². The van der Waals surface area contributed by atoms with Crippen molar-refractivity contribution < 1.29 is 0 Å². The second-order valence-electron chi connectivity index (χ2n) is 6.12. The van der Waals surface area contributed by atoms with Crippen molar-refractivity contribution in [3.05, 3.63) is 35.9 Å². The second kappa shape index (κ2) is 7.77. The molecule has 1 fully saturated rings. The molecule has 1 aliphatic rings. The molecule has 3 heteroatoms. The Kier molecular flexibility index (Phi) is 6.02. The normalized spacial score (nSPS) is 21.4. The summed E-state index contributed by atoms with van der Waals surface area (Å²) in [7, 11) is 0. The topological polar surface area (TPSA) is 32.5 Å². The van der Waals surface area contributed by atoms with E-state index in [1.54, 1.807) is 0 Å². The summed E-state index contributed by atoms with van der Waals surface area (Å²) >= 11 is 0. The van der Waals surface area contributed by atoms with E-state index in [2.05, 4.69) is 54.0 Å². The molecule has 3 nitrogen and oxygen atoms in total. The quantitative estimate of drug-likeness (QED) is 0.895. The monoisotopic (exact) mass is 275 g/mol. The van der Waals surface area contributed by atoms with Gasteiger partial charge in [0.15, 0.2) is 0 Å². The van der Waals surface area contributed by atoms with Crippen molar-refractivity contribution in [2.75, 3.05) is 39.3 Å². The van der Waals surface area contributed by atoms with E-state index in [9.17, 15) is 0 Å². The largest absolute Gasteiger partial charge is 0.330 e. The molecule has 0 bridgehead atoms. The lowest BCUT2D eigenvalue weighted by Crippen LogP contribution is -2.35. The van der Waals surface area contributed by atoms with Crippen molar-refractivity contribution in [3.63, 3.8) is 0 Å². The van der Waals surface area contributed by atoms with Crippen LogP contribution in [0.3, 0.4) is 0 Å². The Hall–Kier alpha value is -0.900. The van der Waals surface area contributed by atoms with E-state index in [1.165, 1.54) is 31.6 Å². The molecule has 0 radical (unpaired) electrons. The molecule has 112 valence electrons. The van der Waals surface area contributed by atoms with Crippen LogP contribution in [0.15, 0.2) is 30.3 Å². The fourth-order valence-corrected chi connectivity index (χ4v) is 3.02. The molecule has 2 unspecified atom stereocenters. The van der Waals surface area contributed by atoms with Crippen molar-refractivity contribution in [1.82, 2.24) is 9.80 Å². The van der Waals surface area contributed by atoms with E-state index in [-0.39, 0.29) is 0 Å². The van der Waals surface area contributed by atoms with E-state index in [0.29, 0.717) is 12.0 Å². The first kappa shape index (κ1) is 15.5. The van der Waals surface area contributed by atoms with E-state index < -0.39 is 0 Å². The van der Waals surface area contributed by atoms with Gasteiger partial charge in [-0.25, -0.2) is 0 Å². The van der Waals surface area contributed by atoms with Gasteiger partial charge in [-0.1, -0.05) is 37.3 Å². The van der Waals surface area contributed by atoms with Gasteiger partial charge in [-0.2, -0.15) is 0 Å². The van der Waals surface area contributed by atoms with Crippen molar-refractivity contribution in [3.8, 4) is 0 Å². The van der Waals surface area contributed by atoms with Crippen LogP contribution < -0.4 is 5.73 Å². The lowest BCUT2D eigenvalue weighted by Gasteiger charge is -2.28. The molecule has 0 saturated carbocycles. The smallest absolute Gasteiger partial charge is 0.0320 e. The molecular weight excluding hydrogens is 246 g/mol. The predicted octanol–water partition coefficient (Wildman–Crippen LogP) is 2.35. The molecule has 0 amide bonds. The Labute approximate surface area is 123 Å². The molecule has 1 saturated heterocycles. The highest BCUT2D eigenvalue weighted by atomic mass is 15.2. The SMILES string of the molecule is CC(CN)CN1CCCN(C(C)c2ccccc2)CC1. The number of hydrogen-bond acceptors (Lipinski definition) is 3. The fourth-order valence-electron chi connectivity index (χ4n) is 3.02. The van der Waals surface area contributed by atoms with Crippen LogP contribution >= 0.6 is 0 Å². The summed E-state index contributed by atoms with van der Waals surface area (Å²) in [6, 6.07) is 11.4. The number of nitrogens with two attached hydrogens (primary N) is 1. The third-order valence-corrected chi connectivity index (χ3v) is 4.43. The summed E-state index contributed by atoms with van der Waals surface area (Å²) in [5.41, 5.74) is 7.17. The van der Waals surface area contributed by atoms with Gasteiger partial charge in [-0.05, 0) is 37.9 Å². The summed E-state index contributed by atoms with van der Waals surface area (Å²) < 4.78 is 0. The van der Waals surface area contributed by atoms with Gasteiger partial charge < -0.3 is 10.6 Å². The minimum Gasteiger partial charge on any atom is -0.330 e. The zero-order chi connectivity index (χ0) is 14.4. The molecule has 0 spiro atoms. The first-order valence-electron chi connectivity index (χ1n) is 7.92. The summed E-state index contributed by atoms with van der Waals surface area (Å²) in [5.74, 6) is 0.605. The van der Waals surface area contributed by atoms with Gasteiger partial charge in [0.2, 0.25) is 0 Å². The van der Waals surface area contributed by atoms with Gasteiger partial charge in [-0.15, -0.1) is 0 Å². The lowest BCUT2D eigenvalue weighted by molar-refractivity contribution is 0.203. The van der Waals surface area contributed by atoms with E-state index in [0.717, 1.165) is 19.6 Å². The minimum atomic E-state index is 0.517. The number of nitrogens with zero attached hydrogens (tertiary/aromatic N) is 2. The van der Waals surface area contributed by atoms with Crippen LogP contribution in [0.1, 0.15) is 31.9 Å². The van der Waals surface area contributed by atoms with Crippen molar-refractivity contribution in [1.29, 1.82) is 0 Å². The zero-order valence-electron chi connectivity index (χ0n) is 13.0. The Morgan fingerprint density at radius 3 is 2.50 bits per heavy atom. The van der Waals surface area contributed by atoms with Gasteiger partial charge in [0.25, 0.3) is 0 Å². The third kappa shape index (κ3) is 4.30. The Bertz CT molecular complexity index is 379. The molecule has 0 aromatic heterocycles. The Morgan fingerprint density at radius 2 is 1.80 bits per heavy atom. The molecule has 1 aromatic rings. The maximum atomic E-state index is 5.74. The third-order valence-electron chi connectivity index (χ3n) is 4.43. The first-order valence-corrected chi connectivity index (χ1v) is 7.92. The zero-order valence-corrected chi connectivity index (χ0v) is 13.0. The van der Waals surface area contributed by atoms with Gasteiger partial charge in [0.1, 0.15) is 0 Å². The lowest BCUT2D eigenvalue weighted by atomic mass is 10.1. The molecular formula is C17H29N3. The standard InChI is InChI=1S/C17H29N3/c1-15(13-18)14-19-9-6-10-20(12-11-19)16(2)17-7-4-3-5-8-17/h3-5,7-8,15-16H,6,9-14,18H2,1-2H3. The van der Waals surface area contributed by atoms with Crippen LogP contribution in [0.25, 0.3) is 0 Å². The van der Waals surface area contributed by atoms with Gasteiger partial charge in [0, 0.05) is 32.2 Å². The van der Waals surface area contributed by atoms with E-state index >= 15 is 0 Å². The maximum absolute atomic E-state index is 5.74. The predicted molar refractivity (Wildman–Crippen MR) is 85.7 cm³/mol. The Morgan fingerprint density at radius 1 is 1.05 bits per heavy atom. The van der Waals surface area contributed by atoms with Crippen LogP contribution in [0.2, 0.25) is 0 Å². The second-order valence-corrected chi connectivity index (χ2v) is 6.12. The molecule has 20 heavy (non-hydrogen) atoms. The number of rotatable bonds is 5. The Balaban J connectivity index is 1.89. The van der Waals surface area contributed by atoms with E-state index in [1.807, 2.05) is 0 Å². The molecule has 0 aliphatic carbocycles. The van der Waals surface area contributed by atoms with Crippen molar-refractivity contribution >= 4 is 0 Å². The van der Waals surface area contributed by atoms with Crippen LogP contribution in [0.4, 0.5) is 0 Å². The van der Waals surface area contributed by atoms with Gasteiger partial charge >= 0.3 is 0 Å². The molecule has 2 rings (SSSR count). The molecule has 2 atom stereocenters. The highest BCUT2D eigenvalue weighted by molar-refractivity contribution is 5.18. The first-order chi connectivity index (χ1) is 9.70. The fraction of sp³-hybridized carbons (Fsp3) is 0.647. The van der Waals surface area contributed by atoms with Crippen molar-refractivity contribution in [2.24, 2.45) is 11.7 Å². The highest BCUT2D eigenvalue weighted by Gasteiger charge is 2.20. The summed E-state index contributed by atoms with van der Waals surface area (Å²) in [4.78, 5) is 5.19.